The first-order valence-electron chi connectivity index (χ1n) is 13.7. The van der Waals surface area contributed by atoms with Crippen LogP contribution in [-0.4, -0.2) is 58.5 Å². The summed E-state index contributed by atoms with van der Waals surface area (Å²) in [5.74, 6) is -2.32. The van der Waals surface area contributed by atoms with E-state index in [2.05, 4.69) is 0 Å². The molecule has 0 saturated carbocycles. The van der Waals surface area contributed by atoms with E-state index in [4.69, 9.17) is 0 Å². The van der Waals surface area contributed by atoms with Crippen LogP contribution in [0.15, 0.2) is 72.3 Å². The fourth-order valence-corrected chi connectivity index (χ4v) is 6.77. The molecular formula is C31H31F7N2O2. The quantitative estimate of drug-likeness (QED) is 0.397. The molecule has 1 N–H and O–H groups in total. The van der Waals surface area contributed by atoms with Gasteiger partial charge in [0, 0.05) is 31.6 Å². The molecule has 226 valence electrons. The Balaban J connectivity index is 1.46. The summed E-state index contributed by atoms with van der Waals surface area (Å²) in [6.07, 6.45) is -8.49. The predicted molar refractivity (Wildman–Crippen MR) is 142 cm³/mol. The Morgan fingerprint density at radius 3 is 2.17 bits per heavy atom. The molecule has 4 nitrogen and oxygen atoms in total. The van der Waals surface area contributed by atoms with Crippen LogP contribution in [0.2, 0.25) is 0 Å². The first-order chi connectivity index (χ1) is 19.6. The number of aliphatic hydroxyl groups is 1. The van der Waals surface area contributed by atoms with Gasteiger partial charge in [-0.3, -0.25) is 0 Å². The van der Waals surface area contributed by atoms with Gasteiger partial charge in [0.1, 0.15) is 5.82 Å². The van der Waals surface area contributed by atoms with E-state index >= 15 is 0 Å². The minimum Gasteiger partial charge on any atom is -0.370 e. The largest absolute Gasteiger partial charge is 0.430 e. The maximum absolute atomic E-state index is 13.8. The minimum absolute atomic E-state index is 0.191. The zero-order valence-electron chi connectivity index (χ0n) is 23.0. The summed E-state index contributed by atoms with van der Waals surface area (Å²) < 4.78 is 95.3. The highest BCUT2D eigenvalue weighted by atomic mass is 19.4. The normalized spacial score (nSPS) is 26.7. The number of allylic oxidation sites excluding steroid dienone is 2. The van der Waals surface area contributed by atoms with Gasteiger partial charge >= 0.3 is 18.4 Å². The number of hydrogen-bond donors (Lipinski definition) is 1. The number of carbonyl (C=O) groups is 1. The Morgan fingerprint density at radius 1 is 0.952 bits per heavy atom. The molecule has 0 aromatic heterocycles. The van der Waals surface area contributed by atoms with Crippen LogP contribution in [0.25, 0.3) is 0 Å². The third-order valence-corrected chi connectivity index (χ3v) is 9.18. The molecule has 2 unspecified atom stereocenters. The van der Waals surface area contributed by atoms with Gasteiger partial charge in [-0.15, -0.1) is 0 Å². The lowest BCUT2D eigenvalue weighted by Crippen LogP contribution is -2.58. The lowest BCUT2D eigenvalue weighted by Gasteiger charge is -2.40. The topological polar surface area (TPSA) is 43.8 Å². The van der Waals surface area contributed by atoms with Gasteiger partial charge in [0.25, 0.3) is 5.60 Å². The van der Waals surface area contributed by atoms with E-state index in [0.717, 1.165) is 11.6 Å². The molecule has 2 aromatic carbocycles. The Bertz CT molecular complexity index is 1390. The number of benzene rings is 2. The van der Waals surface area contributed by atoms with Gasteiger partial charge < -0.3 is 14.9 Å². The van der Waals surface area contributed by atoms with Gasteiger partial charge in [-0.05, 0) is 58.6 Å². The Hall–Kier alpha value is -3.34. The second kappa shape index (κ2) is 10.4. The summed E-state index contributed by atoms with van der Waals surface area (Å²) in [4.78, 5) is 17.2. The standard InChI is InChI=1S/C31H31F7N2O2/c1-19-15-23(29(42,30(33,34)35)31(36,37)38)9-12-25(19)26-17-40(18-28(26,2)22-7-10-24(32)11-8-22)27(41)39-14-13-20-5-3-4-6-21(20)16-39/h3-12,15,19,25-26,42H,13-14,16-18H2,1-2H3/t19?,25?,26-,28+/m0/s1. The molecule has 2 aliphatic heterocycles. The molecule has 0 spiro atoms. The summed E-state index contributed by atoms with van der Waals surface area (Å²) in [6, 6.07) is 13.4. The van der Waals surface area contributed by atoms with Gasteiger partial charge in [0.05, 0.1) is 0 Å². The van der Waals surface area contributed by atoms with E-state index in [9.17, 15) is 40.6 Å². The number of alkyl halides is 6. The molecule has 1 saturated heterocycles. The molecule has 0 bridgehead atoms. The zero-order valence-corrected chi connectivity index (χ0v) is 23.0. The number of halogens is 7. The average Bonchev–Trinajstić information content (AvgIpc) is 3.28. The van der Waals surface area contributed by atoms with Crippen molar-refractivity contribution >= 4 is 6.03 Å². The number of hydrogen-bond acceptors (Lipinski definition) is 2. The molecule has 1 fully saturated rings. The first-order valence-corrected chi connectivity index (χ1v) is 13.7. The summed E-state index contributed by atoms with van der Waals surface area (Å²) in [7, 11) is 0. The average molecular weight is 597 g/mol. The second-order valence-corrected chi connectivity index (χ2v) is 11.8. The fourth-order valence-electron chi connectivity index (χ4n) is 6.77. The van der Waals surface area contributed by atoms with Crippen molar-refractivity contribution in [2.75, 3.05) is 19.6 Å². The van der Waals surface area contributed by atoms with Crippen LogP contribution in [0.1, 0.15) is 30.5 Å². The number of likely N-dealkylation sites (tertiary alicyclic amines) is 1. The van der Waals surface area contributed by atoms with Crippen LogP contribution in [0.4, 0.5) is 35.5 Å². The van der Waals surface area contributed by atoms with Crippen LogP contribution < -0.4 is 0 Å². The van der Waals surface area contributed by atoms with Gasteiger partial charge in [0.15, 0.2) is 0 Å². The third kappa shape index (κ3) is 4.99. The molecule has 42 heavy (non-hydrogen) atoms. The number of amides is 2. The smallest absolute Gasteiger partial charge is 0.370 e. The molecule has 11 heteroatoms. The van der Waals surface area contributed by atoms with Crippen LogP contribution >= 0.6 is 0 Å². The van der Waals surface area contributed by atoms with Crippen LogP contribution in [-0.2, 0) is 18.4 Å². The van der Waals surface area contributed by atoms with Crippen molar-refractivity contribution in [1.82, 2.24) is 9.80 Å². The maximum Gasteiger partial charge on any atom is 0.430 e. The molecule has 2 aromatic rings. The van der Waals surface area contributed by atoms with E-state index in [1.165, 1.54) is 30.7 Å². The molecule has 0 radical (unpaired) electrons. The molecule has 2 amide bonds. The van der Waals surface area contributed by atoms with Gasteiger partial charge in [-0.25, -0.2) is 9.18 Å². The number of carbonyl (C=O) groups excluding carboxylic acids is 1. The summed E-state index contributed by atoms with van der Waals surface area (Å²) in [5, 5.41) is 9.95. The van der Waals surface area contributed by atoms with Crippen LogP contribution in [0, 0.1) is 23.6 Å². The Morgan fingerprint density at radius 2 is 1.57 bits per heavy atom. The maximum atomic E-state index is 13.8. The summed E-state index contributed by atoms with van der Waals surface area (Å²) in [5.41, 5.74) is -4.19. The Kier molecular flexibility index (Phi) is 7.48. The number of fused-ring (bicyclic) bond motifs is 1. The van der Waals surface area contributed by atoms with E-state index in [0.29, 0.717) is 31.1 Å². The van der Waals surface area contributed by atoms with Crippen molar-refractivity contribution < 1.29 is 40.6 Å². The second-order valence-electron chi connectivity index (χ2n) is 11.8. The lowest BCUT2D eigenvalue weighted by molar-refractivity contribution is -0.351. The minimum atomic E-state index is -5.99. The number of nitrogens with zero attached hydrogens (tertiary/aromatic N) is 2. The van der Waals surface area contributed by atoms with Crippen molar-refractivity contribution in [3.8, 4) is 0 Å². The SMILES string of the molecule is CC1C=C(C(O)(C(F)(F)F)C(F)(F)F)C=CC1[C@@H]1CN(C(=O)N2CCc3ccccc3C2)C[C@]1(C)c1ccc(F)cc1. The van der Waals surface area contributed by atoms with Gasteiger partial charge in [-0.1, -0.05) is 68.5 Å². The predicted octanol–water partition coefficient (Wildman–Crippen LogP) is 6.80. The monoisotopic (exact) mass is 596 g/mol. The highest BCUT2D eigenvalue weighted by Crippen LogP contribution is 2.52. The van der Waals surface area contributed by atoms with E-state index in [1.54, 1.807) is 21.9 Å². The van der Waals surface area contributed by atoms with Crippen LogP contribution in [0.5, 0.6) is 0 Å². The summed E-state index contributed by atoms with van der Waals surface area (Å²) in [6.45, 7) is 4.72. The molecule has 1 aliphatic carbocycles. The van der Waals surface area contributed by atoms with Crippen LogP contribution in [0.3, 0.4) is 0 Å². The van der Waals surface area contributed by atoms with Gasteiger partial charge in [-0.2, -0.15) is 26.3 Å². The van der Waals surface area contributed by atoms with Crippen molar-refractivity contribution in [3.63, 3.8) is 0 Å². The van der Waals surface area contributed by atoms with Gasteiger partial charge in [0.2, 0.25) is 0 Å². The van der Waals surface area contributed by atoms with Crippen molar-refractivity contribution in [2.24, 2.45) is 17.8 Å². The highest BCUT2D eigenvalue weighted by Gasteiger charge is 2.72. The van der Waals surface area contributed by atoms with E-state index in [-0.39, 0.29) is 19.1 Å². The fraction of sp³-hybridized carbons (Fsp3) is 0.452. The van der Waals surface area contributed by atoms with Crippen molar-refractivity contribution in [1.29, 1.82) is 0 Å². The first kappa shape index (κ1) is 30.1. The van der Waals surface area contributed by atoms with E-state index < -0.39 is 52.5 Å². The molecule has 5 rings (SSSR count). The molecular weight excluding hydrogens is 565 g/mol. The lowest BCUT2D eigenvalue weighted by atomic mass is 9.64. The van der Waals surface area contributed by atoms with Crippen molar-refractivity contribution in [2.45, 2.75) is 50.2 Å². The molecule has 4 atom stereocenters. The molecule has 2 heterocycles. The highest BCUT2D eigenvalue weighted by molar-refractivity contribution is 5.75. The number of rotatable bonds is 3. The van der Waals surface area contributed by atoms with Crippen molar-refractivity contribution in [3.05, 3.63) is 94.8 Å². The third-order valence-electron chi connectivity index (χ3n) is 9.18. The van der Waals surface area contributed by atoms with E-state index in [1.807, 2.05) is 31.2 Å². The summed E-state index contributed by atoms with van der Waals surface area (Å²) >= 11 is 0. The Labute approximate surface area is 239 Å². The number of urea groups is 1. The zero-order chi connectivity index (χ0) is 30.7. The molecule has 3 aliphatic rings.